The average Bonchev–Trinajstić information content (AvgIpc) is 3.99. The van der Waals surface area contributed by atoms with Crippen LogP contribution in [0.1, 0.15) is 109 Å². The standard InChI is InChI=1S/C40H50F3N5O7S/c1-23-13-14-27-26(19-23)25-15-16-38(54-30(25)31(44-27)40(41,42)43)21-29-32(49)46-39(34(51)47-56(53)37(5)17-18-37)20-24(39)11-9-7-6-8-10-12-28(33(50)48(29)22-38)45-35(52)55-36(2,3)4/h9,11,13-14,19,24,28-29H,6-8,10,12,15-18,20-22H2,1-5H3,(H,45,52)(H,46,49)(H,47,51)/b11-9-/t24-,28+,29+,38-,39-,56?/m1/s1. The number of pyridine rings is 1. The van der Waals surface area contributed by atoms with Crippen molar-refractivity contribution in [2.45, 2.75) is 145 Å². The van der Waals surface area contributed by atoms with Crippen molar-refractivity contribution in [1.29, 1.82) is 0 Å². The first-order valence-corrected chi connectivity index (χ1v) is 20.6. The van der Waals surface area contributed by atoms with Gasteiger partial charge in [0.05, 0.1) is 23.4 Å². The van der Waals surface area contributed by atoms with Crippen molar-refractivity contribution in [1.82, 2.24) is 25.2 Å². The lowest BCUT2D eigenvalue weighted by atomic mass is 9.86. The van der Waals surface area contributed by atoms with Gasteiger partial charge in [-0.1, -0.05) is 36.6 Å². The molecule has 4 heterocycles. The summed E-state index contributed by atoms with van der Waals surface area (Å²) in [5.41, 5.74) is -3.58. The second-order valence-corrected chi connectivity index (χ2v) is 19.2. The highest BCUT2D eigenvalue weighted by Gasteiger charge is 2.64. The van der Waals surface area contributed by atoms with E-state index in [2.05, 4.69) is 20.3 Å². The number of benzene rings is 1. The molecule has 12 nitrogen and oxygen atoms in total. The van der Waals surface area contributed by atoms with E-state index in [1.165, 1.54) is 4.90 Å². The van der Waals surface area contributed by atoms with Crippen molar-refractivity contribution in [2.24, 2.45) is 5.92 Å². The van der Waals surface area contributed by atoms with Crippen LogP contribution in [-0.4, -0.2) is 78.4 Å². The second-order valence-electron chi connectivity index (χ2n) is 17.4. The second kappa shape index (κ2) is 14.4. The number of carbonyl (C=O) groups excluding carboxylic acids is 4. The number of aryl methyl sites for hydroxylation is 2. The first kappa shape index (κ1) is 40.2. The fraction of sp³-hybridized carbons (Fsp3) is 0.625. The third kappa shape index (κ3) is 8.05. The SMILES string of the molecule is Cc1ccc2nc(C(F)(F)F)c3c(c2c1)CC[C@]1(C[C@H]2C(=O)N[C@]4(C(=O)N[S+]([O-])C5(C)CC5)C[C@H]4/C=C\CCCCC[C@H](NC(=O)OC(C)(C)C)C(=O)N2C1)O3. The number of nitrogens with one attached hydrogen (secondary N) is 3. The Bertz CT molecular complexity index is 1970. The lowest BCUT2D eigenvalue weighted by molar-refractivity contribution is -0.144. The minimum atomic E-state index is -4.87. The fourth-order valence-corrected chi connectivity index (χ4v) is 9.23. The molecule has 3 N–H and O–H groups in total. The van der Waals surface area contributed by atoms with Crippen LogP contribution in [0.5, 0.6) is 5.75 Å². The Morgan fingerprint density at radius 2 is 1.86 bits per heavy atom. The molecule has 16 heteroatoms. The molecule has 0 radical (unpaired) electrons. The van der Waals surface area contributed by atoms with Gasteiger partial charge < -0.3 is 29.6 Å². The minimum Gasteiger partial charge on any atom is -0.593 e. The van der Waals surface area contributed by atoms with Gasteiger partial charge in [0.2, 0.25) is 11.8 Å². The number of nitrogens with zero attached hydrogens (tertiary/aromatic N) is 2. The quantitative estimate of drug-likeness (QED) is 0.257. The maximum atomic E-state index is 14.7. The molecule has 2 aromatic rings. The Kier molecular flexibility index (Phi) is 10.3. The number of aromatic nitrogens is 1. The van der Waals surface area contributed by atoms with Gasteiger partial charge in [-0.2, -0.15) is 17.9 Å². The van der Waals surface area contributed by atoms with Crippen LogP contribution in [0.2, 0.25) is 0 Å². The van der Waals surface area contributed by atoms with Gasteiger partial charge in [-0.05, 0) is 85.3 Å². The van der Waals surface area contributed by atoms with Gasteiger partial charge >= 0.3 is 12.3 Å². The zero-order valence-electron chi connectivity index (χ0n) is 32.4. The molecular formula is C40H50F3N5O7S. The van der Waals surface area contributed by atoms with E-state index >= 15 is 0 Å². The highest BCUT2D eigenvalue weighted by Crippen LogP contribution is 2.50. The zero-order valence-corrected chi connectivity index (χ0v) is 33.2. The van der Waals surface area contributed by atoms with Gasteiger partial charge in [-0.25, -0.2) is 9.78 Å². The average molecular weight is 802 g/mol. The van der Waals surface area contributed by atoms with Gasteiger partial charge in [0.1, 0.15) is 33.6 Å². The number of fused-ring (bicyclic) bond motifs is 5. The monoisotopic (exact) mass is 801 g/mol. The predicted molar refractivity (Wildman–Crippen MR) is 202 cm³/mol. The normalized spacial score (nSPS) is 30.0. The van der Waals surface area contributed by atoms with E-state index in [1.807, 2.05) is 26.0 Å². The number of rotatable bonds is 4. The number of halogens is 3. The van der Waals surface area contributed by atoms with Crippen molar-refractivity contribution in [2.75, 3.05) is 6.54 Å². The van der Waals surface area contributed by atoms with Crippen LogP contribution in [0, 0.1) is 12.8 Å². The number of carbonyl (C=O) groups is 4. The molecule has 1 aromatic heterocycles. The Balaban J connectivity index is 1.26. The number of alkyl halides is 3. The van der Waals surface area contributed by atoms with Gasteiger partial charge in [0, 0.05) is 36.1 Å². The molecular weight excluding hydrogens is 752 g/mol. The highest BCUT2D eigenvalue weighted by atomic mass is 32.2. The van der Waals surface area contributed by atoms with Gasteiger partial charge in [0.15, 0.2) is 11.4 Å². The minimum absolute atomic E-state index is 0.153. The van der Waals surface area contributed by atoms with Gasteiger partial charge in [0.25, 0.3) is 5.91 Å². The Hall–Kier alpha value is -4.05. The third-order valence-corrected chi connectivity index (χ3v) is 13.4. The van der Waals surface area contributed by atoms with E-state index in [9.17, 15) is 36.9 Å². The number of hydrogen-bond acceptors (Lipinski definition) is 8. The first-order chi connectivity index (χ1) is 26.2. The summed E-state index contributed by atoms with van der Waals surface area (Å²) in [7, 11) is 0. The molecule has 1 unspecified atom stereocenters. The van der Waals surface area contributed by atoms with Crippen LogP contribution >= 0.6 is 0 Å². The van der Waals surface area contributed by atoms with E-state index in [0.717, 1.165) is 12.0 Å². The lowest BCUT2D eigenvalue weighted by Crippen LogP contribution is -2.58. The summed E-state index contributed by atoms with van der Waals surface area (Å²) in [6.45, 7) is 8.45. The van der Waals surface area contributed by atoms with E-state index in [4.69, 9.17) is 9.47 Å². The molecule has 1 aromatic carbocycles. The van der Waals surface area contributed by atoms with E-state index in [-0.39, 0.29) is 44.2 Å². The molecule has 5 aliphatic rings. The smallest absolute Gasteiger partial charge is 0.437 e. The fourth-order valence-electron chi connectivity index (χ4n) is 8.16. The van der Waals surface area contributed by atoms with Crippen molar-refractivity contribution in [3.63, 3.8) is 0 Å². The van der Waals surface area contributed by atoms with Gasteiger partial charge in [-0.15, -0.1) is 0 Å². The zero-order chi connectivity index (χ0) is 40.4. The molecule has 0 bridgehead atoms. The largest absolute Gasteiger partial charge is 0.593 e. The van der Waals surface area contributed by atoms with Crippen molar-refractivity contribution >= 4 is 46.1 Å². The molecule has 2 aliphatic carbocycles. The topological polar surface area (TPSA) is 162 Å². The highest BCUT2D eigenvalue weighted by molar-refractivity contribution is 7.91. The van der Waals surface area contributed by atoms with Crippen LogP contribution in [0.4, 0.5) is 18.0 Å². The molecule has 3 fully saturated rings. The van der Waals surface area contributed by atoms with E-state index < -0.39 is 92.3 Å². The van der Waals surface area contributed by atoms with Crippen LogP contribution in [0.15, 0.2) is 30.4 Å². The molecule has 6 atom stereocenters. The third-order valence-electron chi connectivity index (χ3n) is 11.7. The summed E-state index contributed by atoms with van der Waals surface area (Å²) in [6.07, 6.45) is 2.82. The molecule has 2 saturated carbocycles. The van der Waals surface area contributed by atoms with Crippen LogP contribution in [0.3, 0.4) is 0 Å². The molecule has 56 heavy (non-hydrogen) atoms. The number of ether oxygens (including phenoxy) is 2. The summed E-state index contributed by atoms with van der Waals surface area (Å²) in [4.78, 5) is 61.5. The van der Waals surface area contributed by atoms with Crippen molar-refractivity contribution in [3.8, 4) is 5.75 Å². The maximum Gasteiger partial charge on any atom is 0.437 e. The molecule has 7 rings (SSSR count). The molecule has 1 saturated heterocycles. The van der Waals surface area contributed by atoms with Crippen LogP contribution < -0.4 is 20.1 Å². The Morgan fingerprint density at radius 1 is 1.11 bits per heavy atom. The van der Waals surface area contributed by atoms with Crippen LogP contribution in [0.25, 0.3) is 10.9 Å². The summed E-state index contributed by atoms with van der Waals surface area (Å²) >= 11 is -1.69. The summed E-state index contributed by atoms with van der Waals surface area (Å²) in [5.74, 6) is -2.76. The molecule has 1 spiro atoms. The van der Waals surface area contributed by atoms with Crippen molar-refractivity contribution in [3.05, 3.63) is 47.2 Å². The Morgan fingerprint density at radius 3 is 2.55 bits per heavy atom. The first-order valence-electron chi connectivity index (χ1n) is 19.4. The maximum absolute atomic E-state index is 14.7. The van der Waals surface area contributed by atoms with Crippen molar-refractivity contribution < 1.29 is 46.4 Å². The molecule has 3 aliphatic heterocycles. The predicted octanol–water partition coefficient (Wildman–Crippen LogP) is 5.85. The van der Waals surface area contributed by atoms with Crippen LogP contribution in [-0.2, 0) is 43.1 Å². The molecule has 4 amide bonds. The Labute approximate surface area is 327 Å². The molecule has 304 valence electrons. The van der Waals surface area contributed by atoms with E-state index in [1.54, 1.807) is 39.0 Å². The number of hydrogen-bond donors (Lipinski definition) is 3. The summed E-state index contributed by atoms with van der Waals surface area (Å²) < 4.78 is 71.1. The summed E-state index contributed by atoms with van der Waals surface area (Å²) in [6, 6.07) is 2.60. The lowest BCUT2D eigenvalue weighted by Gasteiger charge is -2.37. The number of allylic oxidation sites excluding steroid dienone is 1. The van der Waals surface area contributed by atoms with Gasteiger partial charge in [-0.3, -0.25) is 14.4 Å². The van der Waals surface area contributed by atoms with E-state index in [0.29, 0.717) is 43.1 Å². The number of amides is 4. The summed E-state index contributed by atoms with van der Waals surface area (Å²) in [5, 5.41) is 6.14. The number of alkyl carbamates (subject to hydrolysis) is 1.